The zero-order valence-corrected chi connectivity index (χ0v) is 11.9. The standard InChI is InChI=1S/C14H15Cl2NO2/c15-12-4-1-5-13(14(12)16)18-9-11-7-6-10(19-11)3-2-8-17/h1,4-7H,2-3,8-9,17H2. The van der Waals surface area contributed by atoms with Gasteiger partial charge in [-0.25, -0.2) is 0 Å². The van der Waals surface area contributed by atoms with E-state index in [-0.39, 0.29) is 0 Å². The van der Waals surface area contributed by atoms with E-state index in [9.17, 15) is 0 Å². The molecule has 2 N–H and O–H groups in total. The van der Waals surface area contributed by atoms with Gasteiger partial charge in [0.05, 0.1) is 5.02 Å². The fourth-order valence-electron chi connectivity index (χ4n) is 1.65. The summed E-state index contributed by atoms with van der Waals surface area (Å²) in [6.07, 6.45) is 1.75. The van der Waals surface area contributed by atoms with Crippen molar-refractivity contribution < 1.29 is 9.15 Å². The Hall–Kier alpha value is -1.16. The van der Waals surface area contributed by atoms with Gasteiger partial charge in [0.15, 0.2) is 0 Å². The van der Waals surface area contributed by atoms with Gasteiger partial charge < -0.3 is 14.9 Å². The zero-order valence-electron chi connectivity index (χ0n) is 10.4. The summed E-state index contributed by atoms with van der Waals surface area (Å²) in [5.41, 5.74) is 5.46. The van der Waals surface area contributed by atoms with Crippen molar-refractivity contribution in [1.82, 2.24) is 0 Å². The third-order valence-corrected chi connectivity index (χ3v) is 3.43. The summed E-state index contributed by atoms with van der Waals surface area (Å²) in [6, 6.07) is 9.11. The number of ether oxygens (including phenoxy) is 1. The summed E-state index contributed by atoms with van der Waals surface area (Å²) in [5, 5.41) is 0.890. The second-order valence-electron chi connectivity index (χ2n) is 4.10. The Bertz CT molecular complexity index is 540. The Kier molecular flexibility index (Phi) is 5.14. The zero-order chi connectivity index (χ0) is 13.7. The van der Waals surface area contributed by atoms with Gasteiger partial charge in [-0.2, -0.15) is 0 Å². The van der Waals surface area contributed by atoms with Crippen LogP contribution in [0.1, 0.15) is 17.9 Å². The van der Waals surface area contributed by atoms with Crippen LogP contribution < -0.4 is 10.5 Å². The van der Waals surface area contributed by atoms with E-state index in [2.05, 4.69) is 0 Å². The number of aryl methyl sites for hydroxylation is 1. The number of benzene rings is 1. The number of furan rings is 1. The maximum atomic E-state index is 6.03. The minimum absolute atomic E-state index is 0.322. The van der Waals surface area contributed by atoms with Gasteiger partial charge in [0.2, 0.25) is 0 Å². The number of hydrogen-bond acceptors (Lipinski definition) is 3. The first kappa shape index (κ1) is 14.3. The molecule has 1 aromatic heterocycles. The molecule has 0 spiro atoms. The van der Waals surface area contributed by atoms with Gasteiger partial charge in [0.25, 0.3) is 0 Å². The Balaban J connectivity index is 1.95. The molecule has 0 saturated carbocycles. The molecular formula is C14H15Cl2NO2. The number of halogens is 2. The highest BCUT2D eigenvalue weighted by Gasteiger charge is 2.07. The van der Waals surface area contributed by atoms with Crippen molar-refractivity contribution in [3.8, 4) is 5.75 Å². The van der Waals surface area contributed by atoms with Crippen LogP contribution in [-0.2, 0) is 13.0 Å². The Morgan fingerprint density at radius 3 is 2.68 bits per heavy atom. The molecule has 0 aliphatic carbocycles. The lowest BCUT2D eigenvalue weighted by Crippen LogP contribution is -1.99. The first-order valence-corrected chi connectivity index (χ1v) is 6.80. The van der Waals surface area contributed by atoms with Crippen molar-refractivity contribution in [2.45, 2.75) is 19.4 Å². The predicted octanol–water partition coefficient (Wildman–Crippen LogP) is 4.06. The quantitative estimate of drug-likeness (QED) is 0.875. The molecule has 0 unspecified atom stereocenters. The molecule has 0 radical (unpaired) electrons. The lowest BCUT2D eigenvalue weighted by molar-refractivity contribution is 0.266. The number of rotatable bonds is 6. The van der Waals surface area contributed by atoms with Crippen molar-refractivity contribution in [1.29, 1.82) is 0 Å². The number of hydrogen-bond donors (Lipinski definition) is 1. The first-order chi connectivity index (χ1) is 9.20. The van der Waals surface area contributed by atoms with Crippen LogP contribution in [-0.4, -0.2) is 6.54 Å². The van der Waals surface area contributed by atoms with E-state index in [1.165, 1.54) is 0 Å². The van der Waals surface area contributed by atoms with Crippen molar-refractivity contribution in [2.24, 2.45) is 5.73 Å². The molecule has 1 aromatic carbocycles. The summed E-state index contributed by atoms with van der Waals surface area (Å²) < 4.78 is 11.2. The van der Waals surface area contributed by atoms with Gasteiger partial charge in [0.1, 0.15) is 28.9 Å². The third kappa shape index (κ3) is 3.90. The number of nitrogens with two attached hydrogens (primary N) is 1. The van der Waals surface area contributed by atoms with E-state index in [0.29, 0.717) is 28.9 Å². The molecule has 19 heavy (non-hydrogen) atoms. The molecule has 0 aliphatic heterocycles. The van der Waals surface area contributed by atoms with Gasteiger partial charge in [-0.3, -0.25) is 0 Å². The molecule has 1 heterocycles. The summed E-state index contributed by atoms with van der Waals surface area (Å²) >= 11 is 11.9. The normalized spacial score (nSPS) is 10.7. The smallest absolute Gasteiger partial charge is 0.146 e. The second kappa shape index (κ2) is 6.85. The fourth-order valence-corrected chi connectivity index (χ4v) is 2.00. The average Bonchev–Trinajstić information content (AvgIpc) is 2.86. The summed E-state index contributed by atoms with van der Waals surface area (Å²) in [5.74, 6) is 2.22. The molecule has 0 amide bonds. The monoisotopic (exact) mass is 299 g/mol. The van der Waals surface area contributed by atoms with Crippen LogP contribution in [0.25, 0.3) is 0 Å². The molecule has 102 valence electrons. The van der Waals surface area contributed by atoms with Gasteiger partial charge in [-0.1, -0.05) is 29.3 Å². The molecule has 0 fully saturated rings. The summed E-state index contributed by atoms with van der Waals surface area (Å²) in [6.45, 7) is 0.980. The van der Waals surface area contributed by atoms with Crippen molar-refractivity contribution in [2.75, 3.05) is 6.54 Å². The van der Waals surface area contributed by atoms with Crippen molar-refractivity contribution >= 4 is 23.2 Å². The largest absolute Gasteiger partial charge is 0.484 e. The highest BCUT2D eigenvalue weighted by atomic mass is 35.5. The van der Waals surface area contributed by atoms with Crippen LogP contribution in [0.3, 0.4) is 0 Å². The molecule has 5 heteroatoms. The maximum Gasteiger partial charge on any atom is 0.146 e. The molecule has 2 aromatic rings. The fraction of sp³-hybridized carbons (Fsp3) is 0.286. The lowest BCUT2D eigenvalue weighted by atomic mass is 10.2. The first-order valence-electron chi connectivity index (χ1n) is 6.05. The van der Waals surface area contributed by atoms with Gasteiger partial charge in [0, 0.05) is 6.42 Å². The molecular weight excluding hydrogens is 285 g/mol. The third-order valence-electron chi connectivity index (χ3n) is 2.63. The Morgan fingerprint density at radius 1 is 1.11 bits per heavy atom. The molecule has 0 atom stereocenters. The van der Waals surface area contributed by atoms with Gasteiger partial charge in [-0.15, -0.1) is 0 Å². The Labute approximate surface area is 122 Å². The van der Waals surface area contributed by atoms with E-state index in [4.69, 9.17) is 38.1 Å². The second-order valence-corrected chi connectivity index (χ2v) is 4.89. The molecule has 0 bridgehead atoms. The maximum absolute atomic E-state index is 6.03. The summed E-state index contributed by atoms with van der Waals surface area (Å²) in [7, 11) is 0. The Morgan fingerprint density at radius 2 is 1.89 bits per heavy atom. The van der Waals surface area contributed by atoms with E-state index in [0.717, 1.165) is 24.4 Å². The summed E-state index contributed by atoms with van der Waals surface area (Å²) in [4.78, 5) is 0. The molecule has 2 rings (SSSR count). The van der Waals surface area contributed by atoms with Gasteiger partial charge in [-0.05, 0) is 37.2 Å². The molecule has 0 saturated heterocycles. The van der Waals surface area contributed by atoms with Crippen LogP contribution in [0, 0.1) is 0 Å². The van der Waals surface area contributed by atoms with E-state index in [1.54, 1.807) is 18.2 Å². The van der Waals surface area contributed by atoms with Crippen LogP contribution in [0.15, 0.2) is 34.7 Å². The average molecular weight is 300 g/mol. The predicted molar refractivity (Wildman–Crippen MR) is 76.9 cm³/mol. The topological polar surface area (TPSA) is 48.4 Å². The van der Waals surface area contributed by atoms with Crippen LogP contribution in [0.5, 0.6) is 5.75 Å². The molecule has 0 aliphatic rings. The highest BCUT2D eigenvalue weighted by molar-refractivity contribution is 6.42. The molecule has 3 nitrogen and oxygen atoms in total. The van der Waals surface area contributed by atoms with Crippen molar-refractivity contribution in [3.63, 3.8) is 0 Å². The van der Waals surface area contributed by atoms with E-state index < -0.39 is 0 Å². The van der Waals surface area contributed by atoms with Crippen LogP contribution in [0.2, 0.25) is 10.0 Å². The van der Waals surface area contributed by atoms with Crippen LogP contribution >= 0.6 is 23.2 Å². The lowest BCUT2D eigenvalue weighted by Gasteiger charge is -2.07. The van der Waals surface area contributed by atoms with Gasteiger partial charge >= 0.3 is 0 Å². The SMILES string of the molecule is NCCCc1ccc(COc2cccc(Cl)c2Cl)o1. The minimum atomic E-state index is 0.322. The highest BCUT2D eigenvalue weighted by Crippen LogP contribution is 2.32. The van der Waals surface area contributed by atoms with Crippen molar-refractivity contribution in [3.05, 3.63) is 51.9 Å². The van der Waals surface area contributed by atoms with E-state index >= 15 is 0 Å². The minimum Gasteiger partial charge on any atom is -0.484 e. The van der Waals surface area contributed by atoms with E-state index in [1.807, 2.05) is 12.1 Å². The van der Waals surface area contributed by atoms with Crippen LogP contribution in [0.4, 0.5) is 0 Å².